The zero-order valence-corrected chi connectivity index (χ0v) is 6.56. The number of carbonyl (C=O) groups excluding carboxylic acids is 1. The second-order valence-corrected chi connectivity index (χ2v) is 1.83. The van der Waals surface area contributed by atoms with Crippen LogP contribution < -0.4 is 5.73 Å². The minimum Gasteiger partial charge on any atom is -0.333 e. The van der Waals surface area contributed by atoms with Gasteiger partial charge in [-0.2, -0.15) is 0 Å². The molecule has 0 aliphatic rings. The first kappa shape index (κ1) is 11.2. The largest absolute Gasteiger partial charge is 0.333 e. The second-order valence-electron chi connectivity index (χ2n) is 1.83. The molecular weight excluding hydrogens is 114 g/mol. The van der Waals surface area contributed by atoms with Gasteiger partial charge in [0.1, 0.15) is 0 Å². The molecule has 0 atom stereocenters. The van der Waals surface area contributed by atoms with Crippen LogP contribution in [0.2, 0.25) is 0 Å². The molecule has 0 heterocycles. The topological polar surface area (TPSA) is 43.1 Å². The van der Waals surface area contributed by atoms with Crippen LogP contribution in [0.25, 0.3) is 0 Å². The third-order valence-electron chi connectivity index (χ3n) is 0.492. The van der Waals surface area contributed by atoms with Crippen LogP contribution in [0.1, 0.15) is 20.8 Å². The van der Waals surface area contributed by atoms with Crippen molar-refractivity contribution < 1.29 is 4.79 Å². The molecule has 0 spiro atoms. The van der Waals surface area contributed by atoms with E-state index in [9.17, 15) is 4.79 Å². The number of nitrogens with two attached hydrogens (primary N) is 1. The van der Waals surface area contributed by atoms with Gasteiger partial charge in [0.2, 0.25) is 0 Å². The molecule has 9 heavy (non-hydrogen) atoms. The standard InChI is InChI=1S/C6H10O.CH5N/c1-5(2)4-6(3)7;1-2/h4H,1-3H3;2H2,1H3. The van der Waals surface area contributed by atoms with Gasteiger partial charge in [0.05, 0.1) is 0 Å². The molecule has 0 unspecified atom stereocenters. The van der Waals surface area contributed by atoms with Crippen molar-refractivity contribution in [2.45, 2.75) is 20.8 Å². The van der Waals surface area contributed by atoms with Gasteiger partial charge in [0.15, 0.2) is 5.78 Å². The van der Waals surface area contributed by atoms with E-state index in [1.54, 1.807) is 13.0 Å². The van der Waals surface area contributed by atoms with Crippen molar-refractivity contribution >= 4 is 5.78 Å². The monoisotopic (exact) mass is 129 g/mol. The highest BCUT2D eigenvalue weighted by Gasteiger charge is 1.80. The smallest absolute Gasteiger partial charge is 0.152 e. The van der Waals surface area contributed by atoms with Crippen LogP contribution >= 0.6 is 0 Å². The maximum absolute atomic E-state index is 10.2. The zero-order valence-electron chi connectivity index (χ0n) is 6.56. The van der Waals surface area contributed by atoms with E-state index in [1.807, 2.05) is 13.8 Å². The summed E-state index contributed by atoms with van der Waals surface area (Å²) in [6, 6.07) is 0. The summed E-state index contributed by atoms with van der Waals surface area (Å²) in [5, 5.41) is 0. The summed E-state index contributed by atoms with van der Waals surface area (Å²) >= 11 is 0. The lowest BCUT2D eigenvalue weighted by Crippen LogP contribution is -1.80. The molecule has 0 saturated heterocycles. The van der Waals surface area contributed by atoms with E-state index in [0.29, 0.717) is 0 Å². The molecule has 0 radical (unpaired) electrons. The summed E-state index contributed by atoms with van der Waals surface area (Å²) in [7, 11) is 1.50. The summed E-state index contributed by atoms with van der Waals surface area (Å²) in [5.74, 6) is 0.125. The lowest BCUT2D eigenvalue weighted by atomic mass is 10.3. The molecule has 0 amide bonds. The first-order valence-electron chi connectivity index (χ1n) is 2.86. The Morgan fingerprint density at radius 2 is 1.56 bits per heavy atom. The van der Waals surface area contributed by atoms with Gasteiger partial charge in [0.25, 0.3) is 0 Å². The molecular formula is C7H15NO. The fourth-order valence-corrected chi connectivity index (χ4v) is 0.407. The highest BCUT2D eigenvalue weighted by Crippen LogP contribution is 1.86. The van der Waals surface area contributed by atoms with Crippen molar-refractivity contribution in [1.29, 1.82) is 0 Å². The van der Waals surface area contributed by atoms with E-state index in [4.69, 9.17) is 0 Å². The summed E-state index contributed by atoms with van der Waals surface area (Å²) in [5.41, 5.74) is 5.56. The molecule has 0 bridgehead atoms. The molecule has 0 saturated carbocycles. The predicted octanol–water partition coefficient (Wildman–Crippen LogP) is 1.12. The number of rotatable bonds is 1. The molecule has 0 aromatic rings. The molecule has 0 rings (SSSR count). The SMILES string of the molecule is CC(=O)C=C(C)C.CN. The number of hydrogen-bond donors (Lipinski definition) is 1. The maximum atomic E-state index is 10.2. The molecule has 0 fully saturated rings. The summed E-state index contributed by atoms with van der Waals surface area (Å²) in [4.78, 5) is 10.2. The minimum atomic E-state index is 0.125. The van der Waals surface area contributed by atoms with Crippen LogP contribution in [0.5, 0.6) is 0 Å². The van der Waals surface area contributed by atoms with Crippen molar-refractivity contribution in [3.63, 3.8) is 0 Å². The Morgan fingerprint density at radius 1 is 1.22 bits per heavy atom. The van der Waals surface area contributed by atoms with Crippen LogP contribution in [0.4, 0.5) is 0 Å². The number of carbonyl (C=O) groups is 1. The lowest BCUT2D eigenvalue weighted by molar-refractivity contribution is -0.112. The van der Waals surface area contributed by atoms with Crippen LogP contribution in [-0.4, -0.2) is 12.8 Å². The van der Waals surface area contributed by atoms with Crippen molar-refractivity contribution in [2.24, 2.45) is 5.73 Å². The Morgan fingerprint density at radius 3 is 1.56 bits per heavy atom. The predicted molar refractivity (Wildman–Crippen MR) is 40.2 cm³/mol. The first-order valence-corrected chi connectivity index (χ1v) is 2.86. The van der Waals surface area contributed by atoms with Crippen molar-refractivity contribution in [3.8, 4) is 0 Å². The van der Waals surface area contributed by atoms with Crippen LogP contribution in [-0.2, 0) is 4.79 Å². The summed E-state index contributed by atoms with van der Waals surface area (Å²) in [6.45, 7) is 5.36. The molecule has 0 aliphatic carbocycles. The van der Waals surface area contributed by atoms with Gasteiger partial charge in [-0.3, -0.25) is 4.79 Å². The normalized spacial score (nSPS) is 6.78. The fourth-order valence-electron chi connectivity index (χ4n) is 0.407. The van der Waals surface area contributed by atoms with Gasteiger partial charge < -0.3 is 5.73 Å². The van der Waals surface area contributed by atoms with Gasteiger partial charge in [0, 0.05) is 0 Å². The van der Waals surface area contributed by atoms with Gasteiger partial charge in [-0.05, 0) is 33.9 Å². The number of allylic oxidation sites excluding steroid dienone is 2. The number of ketones is 1. The van der Waals surface area contributed by atoms with E-state index in [0.717, 1.165) is 5.57 Å². The Balaban J connectivity index is 0. The zero-order chi connectivity index (χ0) is 7.86. The summed E-state index contributed by atoms with van der Waals surface area (Å²) < 4.78 is 0. The van der Waals surface area contributed by atoms with E-state index in [-0.39, 0.29) is 5.78 Å². The van der Waals surface area contributed by atoms with Crippen LogP contribution in [0.3, 0.4) is 0 Å². The van der Waals surface area contributed by atoms with Crippen LogP contribution in [0, 0.1) is 0 Å². The third kappa shape index (κ3) is 18.7. The van der Waals surface area contributed by atoms with Crippen LogP contribution in [0.15, 0.2) is 11.6 Å². The van der Waals surface area contributed by atoms with E-state index >= 15 is 0 Å². The molecule has 0 aromatic heterocycles. The Labute approximate surface area is 56.7 Å². The summed E-state index contributed by atoms with van der Waals surface area (Å²) in [6.07, 6.45) is 1.61. The average Bonchev–Trinajstić information content (AvgIpc) is 1.68. The Kier molecular flexibility index (Phi) is 9.18. The van der Waals surface area contributed by atoms with Gasteiger partial charge in [-0.1, -0.05) is 5.57 Å². The van der Waals surface area contributed by atoms with E-state index in [2.05, 4.69) is 5.73 Å². The molecule has 54 valence electrons. The quantitative estimate of drug-likeness (QED) is 0.539. The van der Waals surface area contributed by atoms with Gasteiger partial charge in [-0.25, -0.2) is 0 Å². The van der Waals surface area contributed by atoms with E-state index < -0.39 is 0 Å². The number of hydrogen-bond acceptors (Lipinski definition) is 2. The molecule has 2 N–H and O–H groups in total. The van der Waals surface area contributed by atoms with Gasteiger partial charge in [-0.15, -0.1) is 0 Å². The fraction of sp³-hybridized carbons (Fsp3) is 0.571. The highest BCUT2D eigenvalue weighted by atomic mass is 16.1. The lowest BCUT2D eigenvalue weighted by Gasteiger charge is -1.80. The highest BCUT2D eigenvalue weighted by molar-refractivity contribution is 5.87. The van der Waals surface area contributed by atoms with Gasteiger partial charge >= 0.3 is 0 Å². The Hall–Kier alpha value is -0.630. The van der Waals surface area contributed by atoms with Crippen molar-refractivity contribution in [2.75, 3.05) is 7.05 Å². The Bertz CT molecular complexity index is 101. The third-order valence-corrected chi connectivity index (χ3v) is 0.492. The maximum Gasteiger partial charge on any atom is 0.152 e. The molecule has 0 aromatic carbocycles. The average molecular weight is 129 g/mol. The minimum absolute atomic E-state index is 0.125. The second kappa shape index (κ2) is 7.37. The van der Waals surface area contributed by atoms with E-state index in [1.165, 1.54) is 7.05 Å². The molecule has 0 aliphatic heterocycles. The van der Waals surface area contributed by atoms with Crippen molar-refractivity contribution in [3.05, 3.63) is 11.6 Å². The van der Waals surface area contributed by atoms with Crippen molar-refractivity contribution in [1.82, 2.24) is 0 Å². The molecule has 2 nitrogen and oxygen atoms in total. The first-order chi connectivity index (χ1) is 4.13. The molecule has 2 heteroatoms.